The van der Waals surface area contributed by atoms with Crippen LogP contribution in [0.5, 0.6) is 0 Å². The molecule has 0 aliphatic carbocycles. The second kappa shape index (κ2) is 4.59. The van der Waals surface area contributed by atoms with Gasteiger partial charge in [-0.3, -0.25) is 0 Å². The maximum atomic E-state index is 12.8. The molecular weight excluding hydrogens is 233 g/mol. The minimum absolute atomic E-state index is 0.136. The summed E-state index contributed by atoms with van der Waals surface area (Å²) in [6.45, 7) is 0.289. The molecule has 4 nitrogen and oxygen atoms in total. The van der Waals surface area contributed by atoms with Crippen LogP contribution in [0.25, 0.3) is 5.69 Å². The predicted molar refractivity (Wildman–Crippen MR) is 57.0 cm³/mol. The monoisotopic (exact) mass is 241 g/mol. The van der Waals surface area contributed by atoms with Crippen molar-refractivity contribution in [2.75, 3.05) is 7.11 Å². The lowest BCUT2D eigenvalue weighted by atomic mass is 10.3. The van der Waals surface area contributed by atoms with E-state index in [1.165, 1.54) is 16.8 Å². The molecule has 0 atom stereocenters. The van der Waals surface area contributed by atoms with Crippen LogP contribution in [0, 0.1) is 5.82 Å². The van der Waals surface area contributed by atoms with Gasteiger partial charge in [0, 0.05) is 7.11 Å². The van der Waals surface area contributed by atoms with Gasteiger partial charge >= 0.3 is 0 Å². The molecule has 0 saturated heterocycles. The average Bonchev–Trinajstić information content (AvgIpc) is 2.61. The average molecular weight is 242 g/mol. The van der Waals surface area contributed by atoms with E-state index in [4.69, 9.17) is 16.3 Å². The first-order chi connectivity index (χ1) is 7.70. The Morgan fingerprint density at radius 3 is 2.69 bits per heavy atom. The number of hydrogen-bond acceptors (Lipinski definition) is 3. The summed E-state index contributed by atoms with van der Waals surface area (Å²) in [7, 11) is 1.55. The highest BCUT2D eigenvalue weighted by Gasteiger charge is 2.09. The molecule has 0 N–H and O–H groups in total. The molecule has 0 aliphatic rings. The maximum Gasteiger partial charge on any atom is 0.243 e. The summed E-state index contributed by atoms with van der Waals surface area (Å²) < 4.78 is 19.3. The van der Waals surface area contributed by atoms with Crippen molar-refractivity contribution in [2.45, 2.75) is 6.61 Å². The molecule has 0 aliphatic heterocycles. The van der Waals surface area contributed by atoms with Crippen molar-refractivity contribution in [3.05, 3.63) is 41.2 Å². The molecule has 1 heterocycles. The highest BCUT2D eigenvalue weighted by atomic mass is 35.5. The lowest BCUT2D eigenvalue weighted by molar-refractivity contribution is 0.176. The Hall–Kier alpha value is -1.46. The molecule has 6 heteroatoms. The normalized spacial score (nSPS) is 10.7. The first kappa shape index (κ1) is 11.0. The Morgan fingerprint density at radius 1 is 1.38 bits per heavy atom. The zero-order valence-electron chi connectivity index (χ0n) is 8.52. The largest absolute Gasteiger partial charge is 0.377 e. The van der Waals surface area contributed by atoms with Crippen molar-refractivity contribution in [2.24, 2.45) is 0 Å². The number of benzene rings is 1. The Labute approximate surface area is 96.6 Å². The van der Waals surface area contributed by atoms with E-state index >= 15 is 0 Å². The van der Waals surface area contributed by atoms with E-state index in [1.807, 2.05) is 0 Å². The van der Waals surface area contributed by atoms with Gasteiger partial charge < -0.3 is 4.74 Å². The van der Waals surface area contributed by atoms with Crippen LogP contribution in [-0.4, -0.2) is 21.9 Å². The molecule has 0 radical (unpaired) electrons. The maximum absolute atomic E-state index is 12.8. The highest BCUT2D eigenvalue weighted by Crippen LogP contribution is 2.13. The molecule has 1 aromatic heterocycles. The fraction of sp³-hybridized carbons (Fsp3) is 0.200. The molecular formula is C10H9ClFN3O. The summed E-state index contributed by atoms with van der Waals surface area (Å²) in [4.78, 5) is 4.00. The number of methoxy groups -OCH3 is 1. The van der Waals surface area contributed by atoms with E-state index in [0.29, 0.717) is 11.5 Å². The molecule has 16 heavy (non-hydrogen) atoms. The van der Waals surface area contributed by atoms with E-state index in [9.17, 15) is 4.39 Å². The minimum Gasteiger partial charge on any atom is -0.377 e. The minimum atomic E-state index is -0.303. The molecule has 0 bridgehead atoms. The van der Waals surface area contributed by atoms with Gasteiger partial charge in [0.25, 0.3) is 0 Å². The molecule has 2 aromatic rings. The summed E-state index contributed by atoms with van der Waals surface area (Å²) in [5.74, 6) is 0.266. The molecule has 0 spiro atoms. The second-order valence-electron chi connectivity index (χ2n) is 3.12. The molecule has 84 valence electrons. The summed E-state index contributed by atoms with van der Waals surface area (Å²) in [5.41, 5.74) is 0.688. The first-order valence-electron chi connectivity index (χ1n) is 4.57. The van der Waals surface area contributed by atoms with E-state index in [2.05, 4.69) is 10.1 Å². The van der Waals surface area contributed by atoms with E-state index in [0.717, 1.165) is 0 Å². The smallest absolute Gasteiger partial charge is 0.243 e. The Bertz CT molecular complexity index is 483. The Kier molecular flexibility index (Phi) is 3.17. The quantitative estimate of drug-likeness (QED) is 0.827. The van der Waals surface area contributed by atoms with Crippen molar-refractivity contribution in [1.29, 1.82) is 0 Å². The molecule has 2 rings (SSSR count). The second-order valence-corrected chi connectivity index (χ2v) is 3.46. The van der Waals surface area contributed by atoms with Gasteiger partial charge in [-0.1, -0.05) is 0 Å². The summed E-state index contributed by atoms with van der Waals surface area (Å²) in [6, 6.07) is 5.89. The predicted octanol–water partition coefficient (Wildman–Crippen LogP) is 2.21. The van der Waals surface area contributed by atoms with E-state index < -0.39 is 0 Å². The van der Waals surface area contributed by atoms with Crippen molar-refractivity contribution in [3.63, 3.8) is 0 Å². The van der Waals surface area contributed by atoms with Crippen molar-refractivity contribution >= 4 is 11.6 Å². The van der Waals surface area contributed by atoms with Crippen LogP contribution in [0.4, 0.5) is 4.39 Å². The number of halogens is 2. The van der Waals surface area contributed by atoms with Gasteiger partial charge in [0.1, 0.15) is 12.4 Å². The molecule has 1 aromatic carbocycles. The lowest BCUT2D eigenvalue weighted by Crippen LogP contribution is -2.04. The fourth-order valence-corrected chi connectivity index (χ4v) is 1.50. The number of ether oxygens (including phenoxy) is 1. The van der Waals surface area contributed by atoms with Gasteiger partial charge in [-0.25, -0.2) is 9.07 Å². The van der Waals surface area contributed by atoms with Crippen LogP contribution in [0.2, 0.25) is 5.28 Å². The topological polar surface area (TPSA) is 39.9 Å². The number of rotatable bonds is 3. The van der Waals surface area contributed by atoms with Gasteiger partial charge in [0.15, 0.2) is 5.82 Å². The first-order valence-corrected chi connectivity index (χ1v) is 4.95. The van der Waals surface area contributed by atoms with E-state index in [1.54, 1.807) is 19.2 Å². The van der Waals surface area contributed by atoms with Gasteiger partial charge in [0.05, 0.1) is 5.69 Å². The fourth-order valence-electron chi connectivity index (χ4n) is 1.33. The van der Waals surface area contributed by atoms with Gasteiger partial charge in [-0.2, -0.15) is 4.98 Å². The van der Waals surface area contributed by atoms with Crippen LogP contribution in [-0.2, 0) is 11.3 Å². The number of nitrogens with zero attached hydrogens (tertiary/aromatic N) is 3. The van der Waals surface area contributed by atoms with Gasteiger partial charge in [0.2, 0.25) is 5.28 Å². The molecule has 0 fully saturated rings. The van der Waals surface area contributed by atoms with Crippen molar-refractivity contribution < 1.29 is 9.13 Å². The lowest BCUT2D eigenvalue weighted by Gasteiger charge is -2.04. The van der Waals surface area contributed by atoms with Crippen LogP contribution >= 0.6 is 11.6 Å². The highest BCUT2D eigenvalue weighted by molar-refractivity contribution is 6.28. The van der Waals surface area contributed by atoms with Gasteiger partial charge in [-0.05, 0) is 35.9 Å². The van der Waals surface area contributed by atoms with Crippen LogP contribution < -0.4 is 0 Å². The molecule has 0 unspecified atom stereocenters. The third-order valence-electron chi connectivity index (χ3n) is 1.99. The van der Waals surface area contributed by atoms with Crippen molar-refractivity contribution in [3.8, 4) is 5.69 Å². The SMILES string of the molecule is COCc1nc(Cl)nn1-c1ccc(F)cc1. The molecule has 0 saturated carbocycles. The van der Waals surface area contributed by atoms with Crippen LogP contribution in [0.3, 0.4) is 0 Å². The van der Waals surface area contributed by atoms with Crippen LogP contribution in [0.1, 0.15) is 5.82 Å². The molecule has 0 amide bonds. The zero-order valence-corrected chi connectivity index (χ0v) is 9.28. The summed E-state index contributed by atoms with van der Waals surface area (Å²) in [5, 5.41) is 4.13. The van der Waals surface area contributed by atoms with Crippen molar-refractivity contribution in [1.82, 2.24) is 14.8 Å². The Morgan fingerprint density at radius 2 is 2.06 bits per heavy atom. The summed E-state index contributed by atoms with van der Waals surface area (Å²) >= 11 is 5.71. The third kappa shape index (κ3) is 2.20. The van der Waals surface area contributed by atoms with E-state index in [-0.39, 0.29) is 17.7 Å². The number of hydrogen-bond donors (Lipinski definition) is 0. The zero-order chi connectivity index (χ0) is 11.5. The van der Waals surface area contributed by atoms with Gasteiger partial charge in [-0.15, -0.1) is 5.10 Å². The van der Waals surface area contributed by atoms with Crippen LogP contribution in [0.15, 0.2) is 24.3 Å². The summed E-state index contributed by atoms with van der Waals surface area (Å²) in [6.07, 6.45) is 0. The third-order valence-corrected chi connectivity index (χ3v) is 2.15. The Balaban J connectivity index is 2.42. The standard InChI is InChI=1S/C10H9ClFN3O/c1-16-6-9-13-10(11)14-15(9)8-4-2-7(12)3-5-8/h2-5H,6H2,1H3. The number of aromatic nitrogens is 3.